The number of hydrogen-bond donors (Lipinski definition) is 1. The molecule has 0 spiro atoms. The highest BCUT2D eigenvalue weighted by Crippen LogP contribution is 2.33. The lowest BCUT2D eigenvalue weighted by Gasteiger charge is -2.28. The maximum Gasteiger partial charge on any atom is 0.416 e. The number of methoxy groups -OCH3 is 1. The van der Waals surface area contributed by atoms with Gasteiger partial charge in [0.1, 0.15) is 11.9 Å². The summed E-state index contributed by atoms with van der Waals surface area (Å²) >= 11 is 0. The van der Waals surface area contributed by atoms with Crippen molar-refractivity contribution in [3.63, 3.8) is 0 Å². The fourth-order valence-corrected chi connectivity index (χ4v) is 2.45. The number of nitrogens with one attached hydrogen (secondary N) is 1. The number of halogens is 3. The number of ether oxygens (including phenoxy) is 2. The molecule has 0 bridgehead atoms. The van der Waals surface area contributed by atoms with Crippen molar-refractivity contribution in [2.75, 3.05) is 19.5 Å². The zero-order valence-corrected chi connectivity index (χ0v) is 12.0. The van der Waals surface area contributed by atoms with Gasteiger partial charge in [-0.2, -0.15) is 18.2 Å². The van der Waals surface area contributed by atoms with Gasteiger partial charge in [0, 0.05) is 26.6 Å². The fraction of sp³-hybridized carbons (Fsp3) is 0.643. The molecule has 21 heavy (non-hydrogen) atoms. The average Bonchev–Trinajstić information content (AvgIpc) is 2.46. The van der Waals surface area contributed by atoms with Gasteiger partial charge >= 0.3 is 6.18 Å². The third-order valence-corrected chi connectivity index (χ3v) is 3.58. The normalized spacial score (nSPS) is 22.9. The first-order valence-electron chi connectivity index (χ1n) is 6.89. The molecule has 1 N–H and O–H groups in total. The van der Waals surface area contributed by atoms with E-state index in [1.807, 2.05) is 0 Å². The van der Waals surface area contributed by atoms with Gasteiger partial charge < -0.3 is 14.8 Å². The molecule has 1 aromatic heterocycles. The molecule has 1 aromatic rings. The van der Waals surface area contributed by atoms with Gasteiger partial charge in [0.2, 0.25) is 5.88 Å². The number of hydrogen-bond acceptors (Lipinski definition) is 4. The fourth-order valence-electron chi connectivity index (χ4n) is 2.45. The van der Waals surface area contributed by atoms with Gasteiger partial charge in [-0.05, 0) is 25.3 Å². The Morgan fingerprint density at radius 3 is 2.57 bits per heavy atom. The van der Waals surface area contributed by atoms with Crippen LogP contribution in [0.4, 0.5) is 19.0 Å². The van der Waals surface area contributed by atoms with E-state index in [-0.39, 0.29) is 23.9 Å². The molecule has 2 unspecified atom stereocenters. The molecule has 1 heterocycles. The smallest absolute Gasteiger partial charge is 0.416 e. The van der Waals surface area contributed by atoms with Crippen LogP contribution in [0.2, 0.25) is 0 Å². The van der Waals surface area contributed by atoms with E-state index in [9.17, 15) is 13.2 Å². The van der Waals surface area contributed by atoms with Crippen molar-refractivity contribution in [2.24, 2.45) is 0 Å². The Morgan fingerprint density at radius 1 is 1.24 bits per heavy atom. The highest BCUT2D eigenvalue weighted by molar-refractivity contribution is 5.42. The predicted molar refractivity (Wildman–Crippen MR) is 72.5 cm³/mol. The topological polar surface area (TPSA) is 43.4 Å². The maximum absolute atomic E-state index is 12.8. The van der Waals surface area contributed by atoms with Gasteiger partial charge in [-0.25, -0.2) is 0 Å². The van der Waals surface area contributed by atoms with E-state index in [0.29, 0.717) is 6.42 Å². The molecule has 0 radical (unpaired) electrons. The zero-order chi connectivity index (χ0) is 15.5. The van der Waals surface area contributed by atoms with Crippen LogP contribution >= 0.6 is 0 Å². The summed E-state index contributed by atoms with van der Waals surface area (Å²) in [7, 11) is 3.16. The molecule has 118 valence electrons. The van der Waals surface area contributed by atoms with Crippen LogP contribution in [0.5, 0.6) is 5.88 Å². The molecule has 1 saturated carbocycles. The highest BCUT2D eigenvalue weighted by atomic mass is 19.4. The van der Waals surface area contributed by atoms with E-state index in [2.05, 4.69) is 10.3 Å². The quantitative estimate of drug-likeness (QED) is 0.925. The van der Waals surface area contributed by atoms with Gasteiger partial charge in [-0.15, -0.1) is 0 Å². The van der Waals surface area contributed by atoms with E-state index in [1.165, 1.54) is 7.05 Å². The summed E-state index contributed by atoms with van der Waals surface area (Å²) in [5.41, 5.74) is -0.768. The summed E-state index contributed by atoms with van der Waals surface area (Å²) in [6.45, 7) is 0. The maximum atomic E-state index is 12.8. The Labute approximate surface area is 121 Å². The first kappa shape index (κ1) is 15.9. The number of aromatic nitrogens is 1. The molecule has 0 amide bonds. The zero-order valence-electron chi connectivity index (χ0n) is 12.0. The second-order valence-electron chi connectivity index (χ2n) is 5.09. The lowest BCUT2D eigenvalue weighted by Crippen LogP contribution is -2.29. The molecule has 2 atom stereocenters. The van der Waals surface area contributed by atoms with Crippen molar-refractivity contribution in [1.82, 2.24) is 4.98 Å². The van der Waals surface area contributed by atoms with Crippen molar-refractivity contribution in [3.05, 3.63) is 17.7 Å². The first-order valence-corrected chi connectivity index (χ1v) is 6.89. The Kier molecular flexibility index (Phi) is 4.92. The van der Waals surface area contributed by atoms with Gasteiger partial charge in [0.05, 0.1) is 11.7 Å². The average molecular weight is 304 g/mol. The van der Waals surface area contributed by atoms with Gasteiger partial charge in [-0.1, -0.05) is 0 Å². The summed E-state index contributed by atoms with van der Waals surface area (Å²) in [6, 6.07) is 1.91. The van der Waals surface area contributed by atoms with Crippen LogP contribution < -0.4 is 10.1 Å². The van der Waals surface area contributed by atoms with E-state index in [4.69, 9.17) is 9.47 Å². The standard InChI is InChI=1S/C14H19F3N2O2/c1-18-12-6-9(14(15,16)17)7-13(19-12)21-11-5-3-4-10(8-11)20-2/h6-7,10-11H,3-5,8H2,1-2H3,(H,18,19). The van der Waals surface area contributed by atoms with Crippen molar-refractivity contribution >= 4 is 5.82 Å². The Morgan fingerprint density at radius 2 is 1.95 bits per heavy atom. The molecule has 0 aromatic carbocycles. The van der Waals surface area contributed by atoms with Crippen LogP contribution in [0.3, 0.4) is 0 Å². The van der Waals surface area contributed by atoms with E-state index >= 15 is 0 Å². The molecule has 1 aliphatic carbocycles. The van der Waals surface area contributed by atoms with E-state index < -0.39 is 11.7 Å². The minimum absolute atomic E-state index is 0.00377. The van der Waals surface area contributed by atoms with Gasteiger partial charge in [0.25, 0.3) is 0 Å². The van der Waals surface area contributed by atoms with Gasteiger partial charge in [-0.3, -0.25) is 0 Å². The number of pyridine rings is 1. The number of nitrogens with zero attached hydrogens (tertiary/aromatic N) is 1. The number of rotatable bonds is 4. The third-order valence-electron chi connectivity index (χ3n) is 3.58. The summed E-state index contributed by atoms with van der Waals surface area (Å²) in [5, 5.41) is 2.62. The lowest BCUT2D eigenvalue weighted by molar-refractivity contribution is -0.137. The molecule has 1 fully saturated rings. The van der Waals surface area contributed by atoms with Crippen molar-refractivity contribution < 1.29 is 22.6 Å². The number of alkyl halides is 3. The Balaban J connectivity index is 2.15. The highest BCUT2D eigenvalue weighted by Gasteiger charge is 2.32. The predicted octanol–water partition coefficient (Wildman–Crippen LogP) is 3.48. The van der Waals surface area contributed by atoms with E-state index in [0.717, 1.165) is 31.4 Å². The molecular formula is C14H19F3N2O2. The summed E-state index contributed by atoms with van der Waals surface area (Å²) in [5.74, 6) is 0.134. The second-order valence-corrected chi connectivity index (χ2v) is 5.09. The lowest BCUT2D eigenvalue weighted by atomic mass is 9.95. The summed E-state index contributed by atoms with van der Waals surface area (Å²) in [4.78, 5) is 4.04. The van der Waals surface area contributed by atoms with Crippen molar-refractivity contribution in [2.45, 2.75) is 44.1 Å². The SMILES string of the molecule is CNc1cc(C(F)(F)F)cc(OC2CCCC(OC)C2)n1. The molecule has 2 rings (SSSR count). The molecule has 4 nitrogen and oxygen atoms in total. The molecule has 7 heteroatoms. The Bertz CT molecular complexity index is 480. The second kappa shape index (κ2) is 6.51. The summed E-state index contributed by atoms with van der Waals surface area (Å²) in [6.07, 6.45) is -1.14. The molecule has 0 saturated heterocycles. The van der Waals surface area contributed by atoms with Gasteiger partial charge in [0.15, 0.2) is 0 Å². The van der Waals surface area contributed by atoms with E-state index in [1.54, 1.807) is 7.11 Å². The van der Waals surface area contributed by atoms with Crippen LogP contribution in [0.25, 0.3) is 0 Å². The minimum Gasteiger partial charge on any atom is -0.474 e. The molecule has 1 aliphatic rings. The largest absolute Gasteiger partial charge is 0.474 e. The van der Waals surface area contributed by atoms with Crippen LogP contribution in [0.1, 0.15) is 31.2 Å². The Hall–Kier alpha value is -1.50. The molecular weight excluding hydrogens is 285 g/mol. The van der Waals surface area contributed by atoms with Crippen molar-refractivity contribution in [3.8, 4) is 5.88 Å². The molecule has 0 aliphatic heterocycles. The van der Waals surface area contributed by atoms with Crippen LogP contribution in [0.15, 0.2) is 12.1 Å². The minimum atomic E-state index is -4.42. The number of anilines is 1. The first-order chi connectivity index (χ1) is 9.92. The monoisotopic (exact) mass is 304 g/mol. The van der Waals surface area contributed by atoms with Crippen LogP contribution in [-0.4, -0.2) is 31.3 Å². The van der Waals surface area contributed by atoms with Crippen molar-refractivity contribution in [1.29, 1.82) is 0 Å². The summed E-state index contributed by atoms with van der Waals surface area (Å²) < 4.78 is 49.5. The van der Waals surface area contributed by atoms with Crippen LogP contribution in [-0.2, 0) is 10.9 Å². The third kappa shape index (κ3) is 4.23. The van der Waals surface area contributed by atoms with Crippen LogP contribution in [0, 0.1) is 0 Å².